The van der Waals surface area contributed by atoms with Gasteiger partial charge in [-0.1, -0.05) is 0 Å². The van der Waals surface area contributed by atoms with E-state index in [1.807, 2.05) is 0 Å². The van der Waals surface area contributed by atoms with E-state index in [9.17, 15) is 9.90 Å². The number of carboxylic acid groups (broad SMARTS) is 1. The first kappa shape index (κ1) is 13.7. The normalized spacial score (nSPS) is 10.4. The SMILES string of the molecule is O=C(O)c1cnc(-c2ccncc2)nc1NCc1ccco1. The Kier molecular flexibility index (Phi) is 3.78. The van der Waals surface area contributed by atoms with Crippen LogP contribution >= 0.6 is 0 Å². The van der Waals surface area contributed by atoms with Gasteiger partial charge in [-0.05, 0) is 24.3 Å². The third kappa shape index (κ3) is 2.93. The molecule has 3 aromatic rings. The molecule has 0 atom stereocenters. The van der Waals surface area contributed by atoms with Crippen molar-refractivity contribution in [3.05, 3.63) is 60.4 Å². The molecule has 0 aliphatic heterocycles. The molecule has 110 valence electrons. The number of nitrogens with zero attached hydrogens (tertiary/aromatic N) is 3. The zero-order valence-corrected chi connectivity index (χ0v) is 11.4. The predicted octanol–water partition coefficient (Wildman–Crippen LogP) is 2.44. The molecule has 0 fully saturated rings. The average Bonchev–Trinajstić information content (AvgIpc) is 3.07. The lowest BCUT2D eigenvalue weighted by Crippen LogP contribution is -2.10. The Morgan fingerprint density at radius 1 is 1.27 bits per heavy atom. The van der Waals surface area contributed by atoms with Gasteiger partial charge in [0.15, 0.2) is 5.82 Å². The molecule has 0 aliphatic carbocycles. The summed E-state index contributed by atoms with van der Waals surface area (Å²) in [6, 6.07) is 7.06. The molecule has 3 heterocycles. The molecule has 7 heteroatoms. The van der Waals surface area contributed by atoms with Gasteiger partial charge in [0.1, 0.15) is 17.1 Å². The molecule has 0 aromatic carbocycles. The second-order valence-corrected chi connectivity index (χ2v) is 4.43. The van der Waals surface area contributed by atoms with Crippen LogP contribution in [-0.2, 0) is 6.54 Å². The summed E-state index contributed by atoms with van der Waals surface area (Å²) in [6.07, 6.45) is 6.09. The molecule has 0 amide bonds. The van der Waals surface area contributed by atoms with Crippen molar-refractivity contribution in [2.45, 2.75) is 6.54 Å². The van der Waals surface area contributed by atoms with Crippen LogP contribution in [0.2, 0.25) is 0 Å². The minimum absolute atomic E-state index is 0.00404. The van der Waals surface area contributed by atoms with Crippen molar-refractivity contribution in [1.29, 1.82) is 0 Å². The van der Waals surface area contributed by atoms with E-state index in [1.54, 1.807) is 42.9 Å². The molecule has 3 rings (SSSR count). The number of carbonyl (C=O) groups is 1. The van der Waals surface area contributed by atoms with Crippen LogP contribution in [0.1, 0.15) is 16.1 Å². The van der Waals surface area contributed by atoms with Crippen molar-refractivity contribution in [3.8, 4) is 11.4 Å². The maximum atomic E-state index is 11.3. The van der Waals surface area contributed by atoms with Crippen molar-refractivity contribution in [2.24, 2.45) is 0 Å². The van der Waals surface area contributed by atoms with Crippen LogP contribution in [0.25, 0.3) is 11.4 Å². The largest absolute Gasteiger partial charge is 0.477 e. The lowest BCUT2D eigenvalue weighted by molar-refractivity contribution is 0.0697. The van der Waals surface area contributed by atoms with Gasteiger partial charge in [0, 0.05) is 24.2 Å². The van der Waals surface area contributed by atoms with Crippen LogP contribution < -0.4 is 5.32 Å². The molecule has 0 unspecified atom stereocenters. The lowest BCUT2D eigenvalue weighted by atomic mass is 10.2. The van der Waals surface area contributed by atoms with Gasteiger partial charge >= 0.3 is 5.97 Å². The molecule has 0 saturated heterocycles. The number of rotatable bonds is 5. The van der Waals surface area contributed by atoms with Gasteiger partial charge in [-0.3, -0.25) is 4.98 Å². The number of nitrogens with one attached hydrogen (secondary N) is 1. The first-order valence-electron chi connectivity index (χ1n) is 6.51. The Balaban J connectivity index is 1.92. The second-order valence-electron chi connectivity index (χ2n) is 4.43. The average molecular weight is 296 g/mol. The number of aromatic nitrogens is 3. The summed E-state index contributed by atoms with van der Waals surface area (Å²) in [4.78, 5) is 23.6. The quantitative estimate of drug-likeness (QED) is 0.745. The fraction of sp³-hybridized carbons (Fsp3) is 0.0667. The molecule has 22 heavy (non-hydrogen) atoms. The van der Waals surface area contributed by atoms with Crippen LogP contribution in [0.5, 0.6) is 0 Å². The number of pyridine rings is 1. The van der Waals surface area contributed by atoms with Gasteiger partial charge in [0.2, 0.25) is 0 Å². The maximum Gasteiger partial charge on any atom is 0.341 e. The molecule has 2 N–H and O–H groups in total. The monoisotopic (exact) mass is 296 g/mol. The Hall–Kier alpha value is -3.22. The Morgan fingerprint density at radius 2 is 2.09 bits per heavy atom. The van der Waals surface area contributed by atoms with E-state index in [0.29, 0.717) is 18.1 Å². The Bertz CT molecular complexity index is 773. The predicted molar refractivity (Wildman–Crippen MR) is 78.3 cm³/mol. The van der Waals surface area contributed by atoms with Gasteiger partial charge in [-0.15, -0.1) is 0 Å². The fourth-order valence-electron chi connectivity index (χ4n) is 1.90. The van der Waals surface area contributed by atoms with Crippen molar-refractivity contribution in [3.63, 3.8) is 0 Å². The van der Waals surface area contributed by atoms with E-state index in [4.69, 9.17) is 4.42 Å². The summed E-state index contributed by atoms with van der Waals surface area (Å²) in [5.74, 6) is 0.253. The van der Waals surface area contributed by atoms with Crippen molar-refractivity contribution < 1.29 is 14.3 Å². The first-order valence-corrected chi connectivity index (χ1v) is 6.51. The molecule has 0 spiro atoms. The minimum atomic E-state index is -1.09. The van der Waals surface area contributed by atoms with Gasteiger partial charge in [0.05, 0.1) is 12.8 Å². The second kappa shape index (κ2) is 6.04. The van der Waals surface area contributed by atoms with Gasteiger partial charge in [-0.2, -0.15) is 0 Å². The van der Waals surface area contributed by atoms with E-state index in [0.717, 1.165) is 5.56 Å². The summed E-state index contributed by atoms with van der Waals surface area (Å²) in [5, 5.41) is 12.2. The van der Waals surface area contributed by atoms with Gasteiger partial charge < -0.3 is 14.8 Å². The summed E-state index contributed by atoms with van der Waals surface area (Å²) in [7, 11) is 0. The fourth-order valence-corrected chi connectivity index (χ4v) is 1.90. The van der Waals surface area contributed by atoms with E-state index in [1.165, 1.54) is 6.20 Å². The molecule has 0 aliphatic rings. The lowest BCUT2D eigenvalue weighted by Gasteiger charge is -2.09. The van der Waals surface area contributed by atoms with E-state index in [2.05, 4.69) is 20.3 Å². The number of hydrogen-bond donors (Lipinski definition) is 2. The Morgan fingerprint density at radius 3 is 2.77 bits per heavy atom. The highest BCUT2D eigenvalue weighted by Crippen LogP contribution is 2.19. The van der Waals surface area contributed by atoms with Gasteiger partial charge in [-0.25, -0.2) is 14.8 Å². The van der Waals surface area contributed by atoms with Crippen LogP contribution in [0, 0.1) is 0 Å². The Labute approximate surface area is 125 Å². The topological polar surface area (TPSA) is 101 Å². The molecule has 0 bridgehead atoms. The van der Waals surface area contributed by atoms with Crippen LogP contribution in [-0.4, -0.2) is 26.0 Å². The summed E-state index contributed by atoms with van der Waals surface area (Å²) in [5.41, 5.74) is 0.761. The zero-order valence-electron chi connectivity index (χ0n) is 11.4. The van der Waals surface area contributed by atoms with E-state index >= 15 is 0 Å². The highest BCUT2D eigenvalue weighted by molar-refractivity contribution is 5.93. The van der Waals surface area contributed by atoms with Crippen LogP contribution in [0.15, 0.2) is 53.5 Å². The first-order chi connectivity index (χ1) is 10.7. The molecule has 3 aromatic heterocycles. The number of furan rings is 1. The highest BCUT2D eigenvalue weighted by atomic mass is 16.4. The summed E-state index contributed by atoms with van der Waals surface area (Å²) < 4.78 is 5.21. The maximum absolute atomic E-state index is 11.3. The third-order valence-electron chi connectivity index (χ3n) is 2.97. The van der Waals surface area contributed by atoms with Crippen molar-refractivity contribution in [2.75, 3.05) is 5.32 Å². The zero-order chi connectivity index (χ0) is 15.4. The molecule has 0 radical (unpaired) electrons. The van der Waals surface area contributed by atoms with Crippen molar-refractivity contribution >= 4 is 11.8 Å². The van der Waals surface area contributed by atoms with Gasteiger partial charge in [0.25, 0.3) is 0 Å². The number of carboxylic acids is 1. The summed E-state index contributed by atoms with van der Waals surface area (Å²) >= 11 is 0. The van der Waals surface area contributed by atoms with E-state index < -0.39 is 5.97 Å². The van der Waals surface area contributed by atoms with Crippen LogP contribution in [0.4, 0.5) is 5.82 Å². The minimum Gasteiger partial charge on any atom is -0.477 e. The smallest absolute Gasteiger partial charge is 0.341 e. The third-order valence-corrected chi connectivity index (χ3v) is 2.97. The number of anilines is 1. The number of aromatic carboxylic acids is 1. The number of hydrogen-bond acceptors (Lipinski definition) is 6. The molecular formula is C15H12N4O3. The van der Waals surface area contributed by atoms with E-state index in [-0.39, 0.29) is 11.4 Å². The molecule has 0 saturated carbocycles. The van der Waals surface area contributed by atoms with Crippen molar-refractivity contribution in [1.82, 2.24) is 15.0 Å². The standard InChI is InChI=1S/C15H12N4O3/c20-15(21)12-9-18-13(10-3-5-16-6-4-10)19-14(12)17-8-11-2-1-7-22-11/h1-7,9H,8H2,(H,20,21)(H,17,18,19). The highest BCUT2D eigenvalue weighted by Gasteiger charge is 2.14. The van der Waals surface area contributed by atoms with Crippen LogP contribution in [0.3, 0.4) is 0 Å². The molecular weight excluding hydrogens is 284 g/mol. The molecule has 7 nitrogen and oxygen atoms in total. The summed E-state index contributed by atoms with van der Waals surface area (Å²) in [6.45, 7) is 0.333.